The minimum absolute atomic E-state index is 0.0131. The van der Waals surface area contributed by atoms with Crippen LogP contribution in [0.1, 0.15) is 5.56 Å². The maximum atomic E-state index is 14.0. The lowest BCUT2D eigenvalue weighted by atomic mass is 9.95. The third kappa shape index (κ3) is 4.07. The van der Waals surface area contributed by atoms with E-state index in [4.69, 9.17) is 4.74 Å². The third-order valence-electron chi connectivity index (χ3n) is 4.49. The normalized spacial score (nSPS) is 15.1. The molecule has 8 heteroatoms. The van der Waals surface area contributed by atoms with Gasteiger partial charge in [-0.3, -0.25) is 0 Å². The lowest BCUT2D eigenvalue weighted by molar-refractivity contribution is -0.145. The summed E-state index contributed by atoms with van der Waals surface area (Å²) in [4.78, 5) is 14.2. The van der Waals surface area contributed by atoms with Crippen LogP contribution in [0.15, 0.2) is 47.4 Å². The minimum Gasteiger partial charge on any atom is -0.394 e. The standard InChI is InChI=1S/C19H20F2N2O3S/c1-27-17-15(20)7-14(8-16(17)21)22-18(25)23(19(10-24)11-26-12-19)9-13-5-3-2-4-6-13/h2-8,24H,9-12H2,1H3,(H,22,25). The van der Waals surface area contributed by atoms with E-state index >= 15 is 0 Å². The first-order chi connectivity index (χ1) is 13.0. The van der Waals surface area contributed by atoms with Gasteiger partial charge < -0.3 is 20.1 Å². The molecule has 2 aromatic carbocycles. The van der Waals surface area contributed by atoms with Crippen molar-refractivity contribution in [1.29, 1.82) is 0 Å². The third-order valence-corrected chi connectivity index (χ3v) is 5.29. The number of hydrogen-bond donors (Lipinski definition) is 2. The van der Waals surface area contributed by atoms with Gasteiger partial charge in [0.15, 0.2) is 0 Å². The molecule has 3 rings (SSSR count). The predicted molar refractivity (Wildman–Crippen MR) is 99.8 cm³/mol. The fraction of sp³-hybridized carbons (Fsp3) is 0.316. The molecular formula is C19H20F2N2O3S. The van der Waals surface area contributed by atoms with E-state index in [2.05, 4.69) is 5.32 Å². The van der Waals surface area contributed by atoms with Crippen molar-refractivity contribution in [3.8, 4) is 0 Å². The van der Waals surface area contributed by atoms with E-state index in [1.165, 1.54) is 4.90 Å². The zero-order valence-electron chi connectivity index (χ0n) is 14.7. The average molecular weight is 394 g/mol. The van der Waals surface area contributed by atoms with Gasteiger partial charge in [-0.2, -0.15) is 0 Å². The summed E-state index contributed by atoms with van der Waals surface area (Å²) < 4.78 is 33.2. The van der Waals surface area contributed by atoms with Crippen LogP contribution < -0.4 is 5.32 Å². The molecule has 0 spiro atoms. The highest BCUT2D eigenvalue weighted by Crippen LogP contribution is 2.29. The van der Waals surface area contributed by atoms with Gasteiger partial charge in [0.1, 0.15) is 17.2 Å². The minimum atomic E-state index is -0.865. The summed E-state index contributed by atoms with van der Waals surface area (Å²) in [6, 6.07) is 10.9. The number of ether oxygens (including phenoxy) is 1. The van der Waals surface area contributed by atoms with Gasteiger partial charge in [-0.05, 0) is 24.0 Å². The van der Waals surface area contributed by atoms with Gasteiger partial charge >= 0.3 is 6.03 Å². The molecule has 144 valence electrons. The second-order valence-corrected chi connectivity index (χ2v) is 7.17. The summed E-state index contributed by atoms with van der Waals surface area (Å²) in [7, 11) is 0. The van der Waals surface area contributed by atoms with Crippen LogP contribution in [-0.4, -0.2) is 47.7 Å². The van der Waals surface area contributed by atoms with Crippen LogP contribution in [0.3, 0.4) is 0 Å². The van der Waals surface area contributed by atoms with E-state index in [1.54, 1.807) is 6.26 Å². The van der Waals surface area contributed by atoms with Crippen LogP contribution in [0, 0.1) is 11.6 Å². The van der Waals surface area contributed by atoms with Crippen LogP contribution in [0.25, 0.3) is 0 Å². The Labute approximate surface area is 160 Å². The number of aliphatic hydroxyl groups is 1. The highest BCUT2D eigenvalue weighted by Gasteiger charge is 2.46. The second kappa shape index (κ2) is 8.24. The van der Waals surface area contributed by atoms with Crippen molar-refractivity contribution in [2.24, 2.45) is 0 Å². The molecule has 0 bridgehead atoms. The van der Waals surface area contributed by atoms with Crippen LogP contribution in [0.2, 0.25) is 0 Å². The van der Waals surface area contributed by atoms with Gasteiger partial charge in [0.25, 0.3) is 0 Å². The number of hydrogen-bond acceptors (Lipinski definition) is 4. The van der Waals surface area contributed by atoms with Crippen LogP contribution >= 0.6 is 11.8 Å². The van der Waals surface area contributed by atoms with E-state index < -0.39 is 23.2 Å². The van der Waals surface area contributed by atoms with E-state index in [9.17, 15) is 18.7 Å². The fourth-order valence-electron chi connectivity index (χ4n) is 2.91. The van der Waals surface area contributed by atoms with E-state index in [0.29, 0.717) is 0 Å². The molecule has 0 radical (unpaired) electrons. The molecule has 0 atom stereocenters. The number of nitrogens with zero attached hydrogens (tertiary/aromatic N) is 1. The summed E-state index contributed by atoms with van der Waals surface area (Å²) >= 11 is 0.956. The molecule has 0 aromatic heterocycles. The largest absolute Gasteiger partial charge is 0.394 e. The van der Waals surface area contributed by atoms with Gasteiger partial charge in [-0.25, -0.2) is 13.6 Å². The number of benzene rings is 2. The Morgan fingerprint density at radius 3 is 2.37 bits per heavy atom. The van der Waals surface area contributed by atoms with E-state index in [1.807, 2.05) is 30.3 Å². The van der Waals surface area contributed by atoms with Gasteiger partial charge in [0.2, 0.25) is 0 Å². The van der Waals surface area contributed by atoms with E-state index in [0.717, 1.165) is 29.5 Å². The Morgan fingerprint density at radius 1 is 1.26 bits per heavy atom. The summed E-state index contributed by atoms with van der Waals surface area (Å²) in [5.74, 6) is -1.48. The number of nitrogens with one attached hydrogen (secondary N) is 1. The molecule has 2 aromatic rings. The van der Waals surface area contributed by atoms with Crippen LogP contribution in [-0.2, 0) is 11.3 Å². The molecule has 2 amide bonds. The highest BCUT2D eigenvalue weighted by molar-refractivity contribution is 7.98. The molecular weight excluding hydrogens is 374 g/mol. The monoisotopic (exact) mass is 394 g/mol. The summed E-state index contributed by atoms with van der Waals surface area (Å²) in [5.41, 5.74) is 0.0117. The van der Waals surface area contributed by atoms with Crippen LogP contribution in [0.4, 0.5) is 19.3 Å². The molecule has 1 aliphatic heterocycles. The maximum Gasteiger partial charge on any atom is 0.322 e. The van der Waals surface area contributed by atoms with Gasteiger partial charge in [-0.1, -0.05) is 30.3 Å². The Morgan fingerprint density at radius 2 is 1.89 bits per heavy atom. The SMILES string of the molecule is CSc1c(F)cc(NC(=O)N(Cc2ccccc2)C2(CO)COC2)cc1F. The Kier molecular flexibility index (Phi) is 5.98. The number of aliphatic hydroxyl groups excluding tert-OH is 1. The fourth-order valence-corrected chi connectivity index (χ4v) is 3.42. The second-order valence-electron chi connectivity index (χ2n) is 6.35. The number of carbonyl (C=O) groups excluding carboxylic acids is 1. The smallest absolute Gasteiger partial charge is 0.322 e. The zero-order chi connectivity index (χ0) is 19.4. The molecule has 2 N–H and O–H groups in total. The van der Waals surface area contributed by atoms with Crippen molar-refractivity contribution in [3.05, 3.63) is 59.7 Å². The number of amides is 2. The number of carbonyl (C=O) groups is 1. The van der Waals surface area contributed by atoms with Crippen molar-refractivity contribution >= 4 is 23.5 Å². The number of rotatable bonds is 6. The lowest BCUT2D eigenvalue weighted by Gasteiger charge is -2.48. The van der Waals surface area contributed by atoms with Gasteiger partial charge in [0.05, 0.1) is 24.7 Å². The quantitative estimate of drug-likeness (QED) is 0.737. The van der Waals surface area contributed by atoms with Gasteiger partial charge in [0, 0.05) is 12.2 Å². The van der Waals surface area contributed by atoms with Crippen molar-refractivity contribution in [2.45, 2.75) is 17.0 Å². The van der Waals surface area contributed by atoms with Crippen molar-refractivity contribution < 1.29 is 23.4 Å². The summed E-state index contributed by atoms with van der Waals surface area (Å²) in [6.07, 6.45) is 1.57. The first-order valence-electron chi connectivity index (χ1n) is 8.33. The molecule has 1 fully saturated rings. The van der Waals surface area contributed by atoms with Gasteiger partial charge in [-0.15, -0.1) is 11.8 Å². The Bertz CT molecular complexity index is 787. The number of thioether (sulfide) groups is 1. The van der Waals surface area contributed by atoms with Crippen molar-refractivity contribution in [2.75, 3.05) is 31.4 Å². The molecule has 0 unspecified atom stereocenters. The predicted octanol–water partition coefficient (Wildman–Crippen LogP) is 3.48. The lowest BCUT2D eigenvalue weighted by Crippen LogP contribution is -2.66. The molecule has 27 heavy (non-hydrogen) atoms. The first kappa shape index (κ1) is 19.6. The number of halogens is 2. The Hall–Kier alpha value is -2.16. The molecule has 5 nitrogen and oxygen atoms in total. The first-order valence-corrected chi connectivity index (χ1v) is 9.56. The Balaban J connectivity index is 1.85. The molecule has 0 saturated carbocycles. The average Bonchev–Trinajstić information content (AvgIpc) is 2.61. The number of anilines is 1. The van der Waals surface area contributed by atoms with E-state index in [-0.39, 0.29) is 36.9 Å². The molecule has 1 aliphatic rings. The van der Waals surface area contributed by atoms with Crippen LogP contribution in [0.5, 0.6) is 0 Å². The summed E-state index contributed by atoms with van der Waals surface area (Å²) in [5, 5.41) is 12.4. The maximum absolute atomic E-state index is 14.0. The topological polar surface area (TPSA) is 61.8 Å². The zero-order valence-corrected chi connectivity index (χ0v) is 15.6. The molecule has 0 aliphatic carbocycles. The van der Waals surface area contributed by atoms with Crippen molar-refractivity contribution in [3.63, 3.8) is 0 Å². The number of urea groups is 1. The molecule has 1 heterocycles. The summed E-state index contributed by atoms with van der Waals surface area (Å²) in [6.45, 7) is 0.335. The van der Waals surface area contributed by atoms with Crippen molar-refractivity contribution in [1.82, 2.24) is 4.90 Å². The molecule has 1 saturated heterocycles. The highest BCUT2D eigenvalue weighted by atomic mass is 32.2.